The summed E-state index contributed by atoms with van der Waals surface area (Å²) >= 11 is 6.17. The molecule has 0 aliphatic heterocycles. The van der Waals surface area contributed by atoms with Gasteiger partial charge in [-0.3, -0.25) is 13.9 Å². The highest BCUT2D eigenvalue weighted by Crippen LogP contribution is 2.34. The molecule has 1 aliphatic rings. The number of amides is 2. The number of ether oxygens (including phenoxy) is 2. The lowest BCUT2D eigenvalue weighted by molar-refractivity contribution is -0.139. The van der Waals surface area contributed by atoms with Crippen molar-refractivity contribution in [1.29, 1.82) is 0 Å². The number of rotatable bonds is 11. The molecule has 2 aromatic rings. The third-order valence-corrected chi connectivity index (χ3v) is 8.06. The molecule has 1 aliphatic carbocycles. The normalized spacial score (nSPS) is 14.9. The lowest BCUT2D eigenvalue weighted by atomic mass is 9.95. The molecule has 0 heterocycles. The number of anilines is 1. The van der Waals surface area contributed by atoms with Crippen LogP contribution in [0, 0.1) is 0 Å². The highest BCUT2D eigenvalue weighted by Gasteiger charge is 2.32. The van der Waals surface area contributed by atoms with Crippen LogP contribution >= 0.6 is 11.6 Å². The van der Waals surface area contributed by atoms with Gasteiger partial charge in [0.1, 0.15) is 24.1 Å². The summed E-state index contributed by atoms with van der Waals surface area (Å²) < 4.78 is 37.4. The summed E-state index contributed by atoms with van der Waals surface area (Å²) in [5, 5.41) is 3.57. The largest absolute Gasteiger partial charge is 0.497 e. The Morgan fingerprint density at radius 1 is 1.08 bits per heavy atom. The molecule has 1 saturated carbocycles. The third kappa shape index (κ3) is 7.77. The van der Waals surface area contributed by atoms with E-state index in [2.05, 4.69) is 5.32 Å². The molecule has 0 aromatic heterocycles. The Bertz CT molecular complexity index is 1230. The van der Waals surface area contributed by atoms with E-state index in [0.717, 1.165) is 42.7 Å². The maximum atomic E-state index is 13.8. The standard InChI is InChI=1S/C27H36ClN3O6S/c1-19(27(33)29-22-11-6-5-7-12-22)30(17-20-9-8-10-21(28)15-20)26(32)18-31(38(4,34)35)24-16-23(36-2)13-14-25(24)37-3/h8-10,13-16,19,22H,5-7,11-12,17-18H2,1-4H3,(H,29,33)/t19-/m1/s1. The number of hydrogen-bond acceptors (Lipinski definition) is 6. The third-order valence-electron chi connectivity index (χ3n) is 6.69. The van der Waals surface area contributed by atoms with Crippen LogP contribution in [0.15, 0.2) is 42.5 Å². The van der Waals surface area contributed by atoms with Gasteiger partial charge in [0.25, 0.3) is 0 Å². The summed E-state index contributed by atoms with van der Waals surface area (Å²) in [6.07, 6.45) is 6.07. The van der Waals surface area contributed by atoms with Crippen LogP contribution in [0.25, 0.3) is 0 Å². The highest BCUT2D eigenvalue weighted by atomic mass is 35.5. The zero-order valence-corrected chi connectivity index (χ0v) is 23.8. The zero-order chi connectivity index (χ0) is 27.9. The second-order valence-electron chi connectivity index (χ2n) is 9.48. The molecule has 2 amide bonds. The van der Waals surface area contributed by atoms with Crippen LogP contribution in [-0.2, 0) is 26.2 Å². The van der Waals surface area contributed by atoms with Crippen molar-refractivity contribution < 1.29 is 27.5 Å². The SMILES string of the molecule is COc1ccc(OC)c(N(CC(=O)N(Cc2cccc(Cl)c2)[C@H](C)C(=O)NC2CCCCC2)S(C)(=O)=O)c1. The van der Waals surface area contributed by atoms with E-state index >= 15 is 0 Å². The topological polar surface area (TPSA) is 105 Å². The monoisotopic (exact) mass is 565 g/mol. The van der Waals surface area contributed by atoms with E-state index in [1.165, 1.54) is 25.2 Å². The first kappa shape index (κ1) is 29.6. The Labute approximate surface area is 230 Å². The van der Waals surface area contributed by atoms with Gasteiger partial charge in [-0.1, -0.05) is 43.0 Å². The molecule has 1 fully saturated rings. The molecule has 38 heavy (non-hydrogen) atoms. The number of sulfonamides is 1. The average molecular weight is 566 g/mol. The van der Waals surface area contributed by atoms with Crippen molar-refractivity contribution in [3.63, 3.8) is 0 Å². The summed E-state index contributed by atoms with van der Waals surface area (Å²) in [5.41, 5.74) is 0.873. The number of carbonyl (C=O) groups is 2. The number of halogens is 1. The van der Waals surface area contributed by atoms with Gasteiger partial charge >= 0.3 is 0 Å². The van der Waals surface area contributed by atoms with E-state index in [1.807, 2.05) is 0 Å². The van der Waals surface area contributed by atoms with E-state index in [9.17, 15) is 18.0 Å². The molecule has 1 N–H and O–H groups in total. The Kier molecular flexibility index (Phi) is 10.3. The minimum atomic E-state index is -3.92. The van der Waals surface area contributed by atoms with Crippen molar-refractivity contribution in [2.45, 2.75) is 57.7 Å². The number of benzene rings is 2. The molecule has 0 radical (unpaired) electrons. The van der Waals surface area contributed by atoms with Crippen LogP contribution in [0.1, 0.15) is 44.6 Å². The average Bonchev–Trinajstić information content (AvgIpc) is 2.89. The molecule has 208 valence electrons. The second kappa shape index (κ2) is 13.2. The molecule has 1 atom stereocenters. The molecule has 0 bridgehead atoms. The maximum Gasteiger partial charge on any atom is 0.244 e. The van der Waals surface area contributed by atoms with Gasteiger partial charge < -0.3 is 19.7 Å². The molecule has 11 heteroatoms. The molecule has 0 saturated heterocycles. The molecule has 2 aromatic carbocycles. The first-order valence-corrected chi connectivity index (χ1v) is 14.8. The summed E-state index contributed by atoms with van der Waals surface area (Å²) in [4.78, 5) is 28.4. The molecular weight excluding hydrogens is 530 g/mol. The van der Waals surface area contributed by atoms with Crippen molar-refractivity contribution in [2.75, 3.05) is 31.3 Å². The molecular formula is C27H36ClN3O6S. The predicted molar refractivity (Wildman–Crippen MR) is 148 cm³/mol. The predicted octanol–water partition coefficient (Wildman–Crippen LogP) is 3.99. The van der Waals surface area contributed by atoms with Crippen LogP contribution in [0.5, 0.6) is 11.5 Å². The number of nitrogens with zero attached hydrogens (tertiary/aromatic N) is 2. The molecule has 0 unspecified atom stereocenters. The first-order valence-electron chi connectivity index (χ1n) is 12.6. The van der Waals surface area contributed by atoms with Gasteiger partial charge in [0.05, 0.1) is 26.2 Å². The van der Waals surface area contributed by atoms with Crippen LogP contribution in [0.3, 0.4) is 0 Å². The van der Waals surface area contributed by atoms with Crippen molar-refractivity contribution >= 4 is 39.1 Å². The first-order chi connectivity index (χ1) is 18.0. The maximum absolute atomic E-state index is 13.8. The van der Waals surface area contributed by atoms with Gasteiger partial charge in [-0.25, -0.2) is 8.42 Å². The van der Waals surface area contributed by atoms with Crippen LogP contribution in [0.2, 0.25) is 5.02 Å². The summed E-state index contributed by atoms with van der Waals surface area (Å²) in [7, 11) is -1.05. The Morgan fingerprint density at radius 3 is 2.39 bits per heavy atom. The van der Waals surface area contributed by atoms with Crippen LogP contribution < -0.4 is 19.1 Å². The van der Waals surface area contributed by atoms with E-state index < -0.39 is 28.5 Å². The lowest BCUT2D eigenvalue weighted by Gasteiger charge is -2.33. The molecule has 9 nitrogen and oxygen atoms in total. The fourth-order valence-corrected chi connectivity index (χ4v) is 5.63. The van der Waals surface area contributed by atoms with Crippen molar-refractivity contribution in [3.05, 3.63) is 53.1 Å². The zero-order valence-electron chi connectivity index (χ0n) is 22.3. The number of methoxy groups -OCH3 is 2. The van der Waals surface area contributed by atoms with Crippen molar-refractivity contribution in [3.8, 4) is 11.5 Å². The van der Waals surface area contributed by atoms with Gasteiger partial charge in [-0.2, -0.15) is 0 Å². The van der Waals surface area contributed by atoms with E-state index in [4.69, 9.17) is 21.1 Å². The minimum Gasteiger partial charge on any atom is -0.497 e. The van der Waals surface area contributed by atoms with Gasteiger partial charge in [-0.15, -0.1) is 0 Å². The number of carbonyl (C=O) groups excluding carboxylic acids is 2. The van der Waals surface area contributed by atoms with E-state index in [0.29, 0.717) is 16.3 Å². The smallest absolute Gasteiger partial charge is 0.244 e. The Balaban J connectivity index is 1.93. The van der Waals surface area contributed by atoms with E-state index in [-0.39, 0.29) is 29.9 Å². The van der Waals surface area contributed by atoms with Gasteiger partial charge in [0, 0.05) is 23.7 Å². The fourth-order valence-electron chi connectivity index (χ4n) is 4.57. The van der Waals surface area contributed by atoms with Gasteiger partial charge in [0.2, 0.25) is 21.8 Å². The Morgan fingerprint density at radius 2 is 1.79 bits per heavy atom. The fraction of sp³-hybridized carbons (Fsp3) is 0.481. The van der Waals surface area contributed by atoms with Gasteiger partial charge in [-0.05, 0) is 49.6 Å². The van der Waals surface area contributed by atoms with Crippen LogP contribution in [0.4, 0.5) is 5.69 Å². The number of hydrogen-bond donors (Lipinski definition) is 1. The van der Waals surface area contributed by atoms with Gasteiger partial charge in [0.15, 0.2) is 0 Å². The summed E-state index contributed by atoms with van der Waals surface area (Å²) in [6, 6.07) is 10.9. The molecule has 0 spiro atoms. The second-order valence-corrected chi connectivity index (χ2v) is 11.8. The van der Waals surface area contributed by atoms with Crippen LogP contribution in [-0.4, -0.2) is 64.2 Å². The summed E-state index contributed by atoms with van der Waals surface area (Å²) in [6.45, 7) is 1.19. The lowest BCUT2D eigenvalue weighted by Crippen LogP contribution is -2.53. The summed E-state index contributed by atoms with van der Waals surface area (Å²) in [5.74, 6) is -0.171. The highest BCUT2D eigenvalue weighted by molar-refractivity contribution is 7.92. The Hall–Kier alpha value is -2.98. The van der Waals surface area contributed by atoms with Crippen molar-refractivity contribution in [1.82, 2.24) is 10.2 Å². The molecule has 3 rings (SSSR count). The van der Waals surface area contributed by atoms with E-state index in [1.54, 1.807) is 43.3 Å². The minimum absolute atomic E-state index is 0.0652. The quantitative estimate of drug-likeness (QED) is 0.442. The number of nitrogens with one attached hydrogen (secondary N) is 1. The van der Waals surface area contributed by atoms with Crippen molar-refractivity contribution in [2.24, 2.45) is 0 Å².